The number of carbonyl (C=O) groups excluding carboxylic acids is 2. The van der Waals surface area contributed by atoms with Crippen molar-refractivity contribution >= 4 is 22.8 Å². The first kappa shape index (κ1) is 11.2. The SMILES string of the molecule is COC(=O)c1ccc2ccn(CC(N)=O)c2c1. The van der Waals surface area contributed by atoms with E-state index in [4.69, 9.17) is 5.73 Å². The van der Waals surface area contributed by atoms with E-state index in [-0.39, 0.29) is 6.54 Å². The normalized spacial score (nSPS) is 10.4. The van der Waals surface area contributed by atoms with E-state index in [9.17, 15) is 9.59 Å². The van der Waals surface area contributed by atoms with Crippen LogP contribution in [0.5, 0.6) is 0 Å². The third kappa shape index (κ3) is 2.13. The molecule has 0 aliphatic rings. The maximum absolute atomic E-state index is 11.4. The van der Waals surface area contributed by atoms with Crippen LogP contribution in [0.1, 0.15) is 10.4 Å². The van der Waals surface area contributed by atoms with Crippen molar-refractivity contribution in [2.24, 2.45) is 5.73 Å². The summed E-state index contributed by atoms with van der Waals surface area (Å²) in [4.78, 5) is 22.3. The van der Waals surface area contributed by atoms with Crippen molar-refractivity contribution in [2.45, 2.75) is 6.54 Å². The molecule has 0 saturated carbocycles. The van der Waals surface area contributed by atoms with Gasteiger partial charge in [0.1, 0.15) is 6.54 Å². The van der Waals surface area contributed by atoms with Gasteiger partial charge < -0.3 is 15.0 Å². The highest BCUT2D eigenvalue weighted by atomic mass is 16.5. The molecule has 1 amide bonds. The lowest BCUT2D eigenvalue weighted by atomic mass is 10.1. The van der Waals surface area contributed by atoms with Gasteiger partial charge in [0.15, 0.2) is 0 Å². The summed E-state index contributed by atoms with van der Waals surface area (Å²) in [5.41, 5.74) is 6.38. The highest BCUT2D eigenvalue weighted by Gasteiger charge is 2.09. The first-order valence-corrected chi connectivity index (χ1v) is 5.07. The number of rotatable bonds is 3. The number of nitrogens with two attached hydrogens (primary N) is 1. The fraction of sp³-hybridized carbons (Fsp3) is 0.167. The molecule has 1 aromatic heterocycles. The monoisotopic (exact) mass is 232 g/mol. The first-order valence-electron chi connectivity index (χ1n) is 5.07. The van der Waals surface area contributed by atoms with Crippen LogP contribution in [-0.4, -0.2) is 23.6 Å². The third-order valence-corrected chi connectivity index (χ3v) is 2.52. The molecule has 0 radical (unpaired) electrons. The second kappa shape index (κ2) is 4.29. The fourth-order valence-corrected chi connectivity index (χ4v) is 1.73. The molecular formula is C12H12N2O3. The number of nitrogens with zero attached hydrogens (tertiary/aromatic N) is 1. The van der Waals surface area contributed by atoms with Crippen molar-refractivity contribution in [2.75, 3.05) is 7.11 Å². The summed E-state index contributed by atoms with van der Waals surface area (Å²) < 4.78 is 6.34. The Morgan fingerprint density at radius 2 is 2.12 bits per heavy atom. The number of hydrogen-bond donors (Lipinski definition) is 1. The molecule has 0 atom stereocenters. The molecule has 0 spiro atoms. The predicted octanol–water partition coefficient (Wildman–Crippen LogP) is 0.913. The summed E-state index contributed by atoms with van der Waals surface area (Å²) >= 11 is 0. The molecule has 0 unspecified atom stereocenters. The standard InChI is InChI=1S/C12H12N2O3/c1-17-12(16)9-3-2-8-4-5-14(7-11(13)15)10(8)6-9/h2-6H,7H2,1H3,(H2,13,15). The Morgan fingerprint density at radius 1 is 1.35 bits per heavy atom. The Balaban J connectivity index is 2.50. The van der Waals surface area contributed by atoms with Crippen LogP contribution in [0.15, 0.2) is 30.5 Å². The third-order valence-electron chi connectivity index (χ3n) is 2.52. The fourth-order valence-electron chi connectivity index (χ4n) is 1.73. The van der Waals surface area contributed by atoms with E-state index in [1.807, 2.05) is 6.07 Å². The van der Waals surface area contributed by atoms with E-state index >= 15 is 0 Å². The predicted molar refractivity (Wildman–Crippen MR) is 62.5 cm³/mol. The molecule has 0 aliphatic carbocycles. The van der Waals surface area contributed by atoms with Gasteiger partial charge in [0.05, 0.1) is 12.7 Å². The smallest absolute Gasteiger partial charge is 0.337 e. The van der Waals surface area contributed by atoms with Crippen LogP contribution in [0, 0.1) is 0 Å². The van der Waals surface area contributed by atoms with Gasteiger partial charge in [-0.15, -0.1) is 0 Å². The number of primary amides is 1. The number of carbonyl (C=O) groups is 2. The van der Waals surface area contributed by atoms with Crippen LogP contribution in [0.25, 0.3) is 10.9 Å². The summed E-state index contributed by atoms with van der Waals surface area (Å²) in [6.45, 7) is 0.0914. The summed E-state index contributed by atoms with van der Waals surface area (Å²) in [6, 6.07) is 7.03. The van der Waals surface area contributed by atoms with E-state index in [2.05, 4.69) is 4.74 Å². The van der Waals surface area contributed by atoms with Gasteiger partial charge in [-0.25, -0.2) is 4.79 Å². The number of aromatic nitrogens is 1. The van der Waals surface area contributed by atoms with E-state index in [0.29, 0.717) is 5.56 Å². The lowest BCUT2D eigenvalue weighted by Crippen LogP contribution is -2.18. The summed E-state index contributed by atoms with van der Waals surface area (Å²) in [6.07, 6.45) is 1.76. The van der Waals surface area contributed by atoms with Gasteiger partial charge in [0.2, 0.25) is 5.91 Å². The van der Waals surface area contributed by atoms with E-state index in [1.54, 1.807) is 29.0 Å². The molecule has 17 heavy (non-hydrogen) atoms. The van der Waals surface area contributed by atoms with Crippen LogP contribution in [0.3, 0.4) is 0 Å². The quantitative estimate of drug-likeness (QED) is 0.799. The second-order valence-electron chi connectivity index (χ2n) is 3.68. The average Bonchev–Trinajstić information content (AvgIpc) is 2.70. The molecule has 1 aromatic carbocycles. The lowest BCUT2D eigenvalue weighted by Gasteiger charge is -2.04. The number of benzene rings is 1. The number of fused-ring (bicyclic) bond motifs is 1. The van der Waals surface area contributed by atoms with E-state index < -0.39 is 11.9 Å². The number of hydrogen-bond acceptors (Lipinski definition) is 3. The maximum Gasteiger partial charge on any atom is 0.337 e. The summed E-state index contributed by atoms with van der Waals surface area (Å²) in [5, 5.41) is 0.943. The summed E-state index contributed by atoms with van der Waals surface area (Å²) in [5.74, 6) is -0.829. The van der Waals surface area contributed by atoms with Gasteiger partial charge in [-0.3, -0.25) is 4.79 Å². The number of esters is 1. The van der Waals surface area contributed by atoms with Crippen LogP contribution in [-0.2, 0) is 16.1 Å². The molecule has 1 heterocycles. The Morgan fingerprint density at radius 3 is 2.76 bits per heavy atom. The van der Waals surface area contributed by atoms with Gasteiger partial charge >= 0.3 is 5.97 Å². The van der Waals surface area contributed by atoms with E-state index in [1.165, 1.54) is 7.11 Å². The molecule has 5 heteroatoms. The molecule has 0 bridgehead atoms. The van der Waals surface area contributed by atoms with Gasteiger partial charge in [0, 0.05) is 11.7 Å². The highest BCUT2D eigenvalue weighted by molar-refractivity contribution is 5.94. The molecule has 5 nitrogen and oxygen atoms in total. The van der Waals surface area contributed by atoms with Crippen molar-refractivity contribution in [3.63, 3.8) is 0 Å². The van der Waals surface area contributed by atoms with Crippen molar-refractivity contribution in [1.82, 2.24) is 4.57 Å². The Kier molecular flexibility index (Phi) is 2.82. The van der Waals surface area contributed by atoms with Crippen molar-refractivity contribution < 1.29 is 14.3 Å². The van der Waals surface area contributed by atoms with Crippen LogP contribution < -0.4 is 5.73 Å². The largest absolute Gasteiger partial charge is 0.465 e. The Hall–Kier alpha value is -2.30. The van der Waals surface area contributed by atoms with E-state index in [0.717, 1.165) is 10.9 Å². The maximum atomic E-state index is 11.4. The summed E-state index contributed by atoms with van der Waals surface area (Å²) in [7, 11) is 1.33. The highest BCUT2D eigenvalue weighted by Crippen LogP contribution is 2.18. The van der Waals surface area contributed by atoms with Gasteiger partial charge in [0.25, 0.3) is 0 Å². The molecule has 2 N–H and O–H groups in total. The number of ether oxygens (including phenoxy) is 1. The molecule has 0 fully saturated rings. The molecule has 88 valence electrons. The molecule has 0 saturated heterocycles. The zero-order chi connectivity index (χ0) is 12.4. The molecule has 2 rings (SSSR count). The lowest BCUT2D eigenvalue weighted by molar-refractivity contribution is -0.118. The van der Waals surface area contributed by atoms with Gasteiger partial charge in [-0.05, 0) is 23.6 Å². The van der Waals surface area contributed by atoms with Gasteiger partial charge in [-0.2, -0.15) is 0 Å². The Bertz CT molecular complexity index is 586. The zero-order valence-corrected chi connectivity index (χ0v) is 9.34. The minimum atomic E-state index is -0.425. The van der Waals surface area contributed by atoms with Gasteiger partial charge in [-0.1, -0.05) is 6.07 Å². The van der Waals surface area contributed by atoms with Crippen LogP contribution >= 0.6 is 0 Å². The van der Waals surface area contributed by atoms with Crippen molar-refractivity contribution in [1.29, 1.82) is 0 Å². The van der Waals surface area contributed by atoms with Crippen LogP contribution in [0.4, 0.5) is 0 Å². The topological polar surface area (TPSA) is 74.3 Å². The van der Waals surface area contributed by atoms with Crippen LogP contribution in [0.2, 0.25) is 0 Å². The Labute approximate surface area is 97.8 Å². The zero-order valence-electron chi connectivity index (χ0n) is 9.34. The average molecular weight is 232 g/mol. The number of methoxy groups -OCH3 is 1. The minimum Gasteiger partial charge on any atom is -0.465 e. The first-order chi connectivity index (χ1) is 8.11. The second-order valence-corrected chi connectivity index (χ2v) is 3.68. The van der Waals surface area contributed by atoms with Crippen molar-refractivity contribution in [3.05, 3.63) is 36.0 Å². The van der Waals surface area contributed by atoms with Crippen molar-refractivity contribution in [3.8, 4) is 0 Å². The minimum absolute atomic E-state index is 0.0914. The molecular weight excluding hydrogens is 220 g/mol. The number of amides is 1. The molecule has 0 aliphatic heterocycles. The molecule has 2 aromatic rings.